The number of anilines is 1. The van der Waals surface area contributed by atoms with Crippen molar-refractivity contribution < 1.29 is 13.9 Å². The van der Waals surface area contributed by atoms with Crippen LogP contribution in [0.2, 0.25) is 0 Å². The van der Waals surface area contributed by atoms with Gasteiger partial charge in [0, 0.05) is 12.1 Å². The van der Waals surface area contributed by atoms with Crippen molar-refractivity contribution in [2.24, 2.45) is 0 Å². The van der Waals surface area contributed by atoms with Gasteiger partial charge in [0.05, 0.1) is 11.3 Å². The average Bonchev–Trinajstić information content (AvgIpc) is 2.47. The minimum absolute atomic E-state index is 0.166. The summed E-state index contributed by atoms with van der Waals surface area (Å²) in [5.74, 6) is 0.0492. The van der Waals surface area contributed by atoms with Crippen molar-refractivity contribution in [1.29, 1.82) is 0 Å². The molecule has 0 saturated carbocycles. The van der Waals surface area contributed by atoms with Crippen molar-refractivity contribution in [3.8, 4) is 5.75 Å². The van der Waals surface area contributed by atoms with Crippen LogP contribution in [-0.2, 0) is 0 Å². The molecule has 0 unspecified atom stereocenters. The molecule has 0 fully saturated rings. The number of ketones is 1. The van der Waals surface area contributed by atoms with Crippen LogP contribution < -0.4 is 10.1 Å². The van der Waals surface area contributed by atoms with Crippen molar-refractivity contribution in [3.05, 3.63) is 59.4 Å². The van der Waals surface area contributed by atoms with Gasteiger partial charge in [0.1, 0.15) is 12.4 Å². The molecule has 1 aliphatic heterocycles. The summed E-state index contributed by atoms with van der Waals surface area (Å²) in [6.07, 6.45) is 0. The highest BCUT2D eigenvalue weighted by molar-refractivity contribution is 6.11. The third kappa shape index (κ3) is 2.17. The Kier molecular flexibility index (Phi) is 2.91. The molecule has 0 atom stereocenters. The molecule has 0 saturated heterocycles. The van der Waals surface area contributed by atoms with Crippen LogP contribution in [0.1, 0.15) is 15.9 Å². The zero-order valence-electron chi connectivity index (χ0n) is 10.2. The monoisotopic (exact) mass is 257 g/mol. The van der Waals surface area contributed by atoms with Gasteiger partial charge in [0.25, 0.3) is 0 Å². The molecule has 0 aromatic heterocycles. The molecule has 1 heterocycles. The second kappa shape index (κ2) is 4.72. The summed E-state index contributed by atoms with van der Waals surface area (Å²) >= 11 is 0. The lowest BCUT2D eigenvalue weighted by Crippen LogP contribution is -2.20. The van der Waals surface area contributed by atoms with Crippen molar-refractivity contribution in [1.82, 2.24) is 0 Å². The number of rotatable bonds is 2. The van der Waals surface area contributed by atoms with E-state index in [9.17, 15) is 9.18 Å². The molecule has 3 rings (SSSR count). The van der Waals surface area contributed by atoms with Crippen LogP contribution in [0, 0.1) is 5.82 Å². The number of hydrogen-bond acceptors (Lipinski definition) is 3. The molecule has 1 aliphatic rings. The number of carbonyl (C=O) groups excluding carboxylic acids is 1. The predicted octanol–water partition coefficient (Wildman–Crippen LogP) is 2.86. The van der Waals surface area contributed by atoms with Crippen molar-refractivity contribution >= 4 is 11.5 Å². The normalized spacial score (nSPS) is 13.1. The smallest absolute Gasteiger partial charge is 0.196 e. The molecule has 0 aliphatic carbocycles. The lowest BCUT2D eigenvalue weighted by atomic mass is 10.0. The number of para-hydroxylation sites is 1. The molecule has 0 amide bonds. The Morgan fingerprint density at radius 1 is 1.16 bits per heavy atom. The van der Waals surface area contributed by atoms with Crippen LogP contribution in [0.25, 0.3) is 0 Å². The molecule has 2 aromatic rings. The lowest BCUT2D eigenvalue weighted by molar-refractivity contribution is 0.103. The molecular formula is C15H12FNO2. The largest absolute Gasteiger partial charge is 0.489 e. The van der Waals surface area contributed by atoms with E-state index in [1.54, 1.807) is 12.1 Å². The quantitative estimate of drug-likeness (QED) is 0.841. The SMILES string of the molecule is O=C(c1ccc(F)cc1)c1cccc2c1OCCN2. The van der Waals surface area contributed by atoms with Crippen LogP contribution >= 0.6 is 0 Å². The highest BCUT2D eigenvalue weighted by Gasteiger charge is 2.19. The summed E-state index contributed by atoms with van der Waals surface area (Å²) in [6.45, 7) is 1.25. The molecule has 96 valence electrons. The van der Waals surface area contributed by atoms with Crippen molar-refractivity contribution in [2.75, 3.05) is 18.5 Å². The highest BCUT2D eigenvalue weighted by atomic mass is 19.1. The van der Waals surface area contributed by atoms with Gasteiger partial charge >= 0.3 is 0 Å². The fourth-order valence-electron chi connectivity index (χ4n) is 2.11. The third-order valence-electron chi connectivity index (χ3n) is 3.03. The molecule has 2 aromatic carbocycles. The first-order valence-corrected chi connectivity index (χ1v) is 6.05. The summed E-state index contributed by atoms with van der Waals surface area (Å²) in [5.41, 5.74) is 1.76. The molecule has 0 bridgehead atoms. The van der Waals surface area contributed by atoms with E-state index in [4.69, 9.17) is 4.74 Å². The average molecular weight is 257 g/mol. The van der Waals surface area contributed by atoms with E-state index in [1.807, 2.05) is 6.07 Å². The number of ether oxygens (including phenoxy) is 1. The van der Waals surface area contributed by atoms with Crippen LogP contribution in [0.15, 0.2) is 42.5 Å². The Labute approximate surface area is 110 Å². The van der Waals surface area contributed by atoms with Crippen molar-refractivity contribution in [3.63, 3.8) is 0 Å². The number of halogens is 1. The maximum Gasteiger partial charge on any atom is 0.196 e. The van der Waals surface area contributed by atoms with Gasteiger partial charge in [-0.25, -0.2) is 4.39 Å². The first-order chi connectivity index (χ1) is 9.25. The highest BCUT2D eigenvalue weighted by Crippen LogP contribution is 2.32. The van der Waals surface area contributed by atoms with Gasteiger partial charge < -0.3 is 10.1 Å². The standard InChI is InChI=1S/C15H12FNO2/c16-11-6-4-10(5-7-11)14(18)12-2-1-3-13-15(12)19-9-8-17-13/h1-7,17H,8-9H2. The summed E-state index contributed by atoms with van der Waals surface area (Å²) < 4.78 is 18.4. The van der Waals surface area contributed by atoms with Gasteiger partial charge in [-0.3, -0.25) is 4.79 Å². The number of benzene rings is 2. The van der Waals surface area contributed by atoms with E-state index < -0.39 is 0 Å². The zero-order valence-corrected chi connectivity index (χ0v) is 10.2. The first-order valence-electron chi connectivity index (χ1n) is 6.05. The second-order valence-electron chi connectivity index (χ2n) is 4.29. The second-order valence-corrected chi connectivity index (χ2v) is 4.29. The maximum atomic E-state index is 12.9. The van der Waals surface area contributed by atoms with Crippen LogP contribution in [0.4, 0.5) is 10.1 Å². The number of hydrogen-bond donors (Lipinski definition) is 1. The minimum Gasteiger partial charge on any atom is -0.489 e. The van der Waals surface area contributed by atoms with E-state index in [1.165, 1.54) is 24.3 Å². The summed E-state index contributed by atoms with van der Waals surface area (Å²) in [7, 11) is 0. The number of fused-ring (bicyclic) bond motifs is 1. The Morgan fingerprint density at radius 3 is 2.74 bits per heavy atom. The fraction of sp³-hybridized carbons (Fsp3) is 0.133. The molecule has 4 heteroatoms. The molecule has 3 nitrogen and oxygen atoms in total. The summed E-state index contributed by atoms with van der Waals surface area (Å²) in [4.78, 5) is 12.4. The van der Waals surface area contributed by atoms with Gasteiger partial charge in [-0.2, -0.15) is 0 Å². The minimum atomic E-state index is -0.357. The van der Waals surface area contributed by atoms with E-state index in [-0.39, 0.29) is 11.6 Å². The number of nitrogens with one attached hydrogen (secondary N) is 1. The van der Waals surface area contributed by atoms with Crippen LogP contribution in [0.3, 0.4) is 0 Å². The van der Waals surface area contributed by atoms with Gasteiger partial charge in [-0.15, -0.1) is 0 Å². The van der Waals surface area contributed by atoms with E-state index in [0.29, 0.717) is 23.5 Å². The Bertz CT molecular complexity index is 623. The fourth-order valence-corrected chi connectivity index (χ4v) is 2.11. The molecule has 19 heavy (non-hydrogen) atoms. The first kappa shape index (κ1) is 11.7. The lowest BCUT2D eigenvalue weighted by Gasteiger charge is -2.21. The predicted molar refractivity (Wildman–Crippen MR) is 70.3 cm³/mol. The zero-order chi connectivity index (χ0) is 13.2. The Hall–Kier alpha value is -2.36. The Morgan fingerprint density at radius 2 is 1.95 bits per heavy atom. The third-order valence-corrected chi connectivity index (χ3v) is 3.03. The van der Waals surface area contributed by atoms with Crippen LogP contribution in [-0.4, -0.2) is 18.9 Å². The molecule has 1 N–H and O–H groups in total. The maximum absolute atomic E-state index is 12.9. The van der Waals surface area contributed by atoms with E-state index in [2.05, 4.69) is 5.32 Å². The van der Waals surface area contributed by atoms with Gasteiger partial charge in [0.2, 0.25) is 0 Å². The van der Waals surface area contributed by atoms with Crippen molar-refractivity contribution in [2.45, 2.75) is 0 Å². The van der Waals surface area contributed by atoms with Gasteiger partial charge in [0.15, 0.2) is 11.5 Å². The molecular weight excluding hydrogens is 245 g/mol. The van der Waals surface area contributed by atoms with Gasteiger partial charge in [-0.1, -0.05) is 6.07 Å². The summed E-state index contributed by atoms with van der Waals surface area (Å²) in [6, 6.07) is 10.9. The van der Waals surface area contributed by atoms with E-state index >= 15 is 0 Å². The van der Waals surface area contributed by atoms with E-state index in [0.717, 1.165) is 12.2 Å². The molecule has 0 spiro atoms. The summed E-state index contributed by atoms with van der Waals surface area (Å²) in [5, 5.41) is 3.18. The van der Waals surface area contributed by atoms with Gasteiger partial charge in [-0.05, 0) is 36.4 Å². The molecule has 0 radical (unpaired) electrons. The Balaban J connectivity index is 2.02. The number of carbonyl (C=O) groups is 1. The topological polar surface area (TPSA) is 38.3 Å². The van der Waals surface area contributed by atoms with Crippen LogP contribution in [0.5, 0.6) is 5.75 Å².